The summed E-state index contributed by atoms with van der Waals surface area (Å²) in [4.78, 5) is 0. The second-order valence-electron chi connectivity index (χ2n) is 5.26. The zero-order valence-corrected chi connectivity index (χ0v) is 12.0. The van der Waals surface area contributed by atoms with Crippen molar-refractivity contribution in [2.45, 2.75) is 44.9 Å². The predicted molar refractivity (Wildman–Crippen MR) is 73.7 cm³/mol. The van der Waals surface area contributed by atoms with Crippen LogP contribution in [0.1, 0.15) is 45.1 Å². The summed E-state index contributed by atoms with van der Waals surface area (Å²) in [5.41, 5.74) is 1.33. The van der Waals surface area contributed by atoms with Crippen molar-refractivity contribution >= 4 is 15.9 Å². The van der Waals surface area contributed by atoms with Gasteiger partial charge in [-0.05, 0) is 36.0 Å². The molecule has 0 amide bonds. The summed E-state index contributed by atoms with van der Waals surface area (Å²) in [5, 5.41) is 9.54. The summed E-state index contributed by atoms with van der Waals surface area (Å²) in [7, 11) is 0. The summed E-state index contributed by atoms with van der Waals surface area (Å²) >= 11 is 3.49. The Morgan fingerprint density at radius 3 is 2.41 bits per heavy atom. The van der Waals surface area contributed by atoms with Crippen LogP contribution < -0.4 is 0 Å². The van der Waals surface area contributed by atoms with Crippen LogP contribution in [0, 0.1) is 16.7 Å². The molecule has 17 heavy (non-hydrogen) atoms. The van der Waals surface area contributed by atoms with Crippen LogP contribution in [0.15, 0.2) is 28.7 Å². The van der Waals surface area contributed by atoms with Crippen molar-refractivity contribution in [3.8, 4) is 6.07 Å². The van der Waals surface area contributed by atoms with Crippen molar-refractivity contribution in [2.24, 2.45) is 5.41 Å². The Morgan fingerprint density at radius 1 is 1.29 bits per heavy atom. The summed E-state index contributed by atoms with van der Waals surface area (Å²) < 4.78 is 1.06. The van der Waals surface area contributed by atoms with Crippen molar-refractivity contribution in [3.63, 3.8) is 0 Å². The van der Waals surface area contributed by atoms with E-state index in [4.69, 9.17) is 0 Å². The van der Waals surface area contributed by atoms with Crippen LogP contribution in [-0.4, -0.2) is 0 Å². The number of hydrogen-bond acceptors (Lipinski definition) is 1. The third kappa shape index (κ3) is 2.02. The molecule has 1 aromatic rings. The minimum atomic E-state index is -0.240. The highest BCUT2D eigenvalue weighted by atomic mass is 79.9. The van der Waals surface area contributed by atoms with Gasteiger partial charge < -0.3 is 0 Å². The largest absolute Gasteiger partial charge is 0.197 e. The van der Waals surface area contributed by atoms with Gasteiger partial charge in [0.2, 0.25) is 0 Å². The molecule has 1 nitrogen and oxygen atoms in total. The van der Waals surface area contributed by atoms with Gasteiger partial charge in [-0.25, -0.2) is 0 Å². The summed E-state index contributed by atoms with van der Waals surface area (Å²) in [6.07, 6.45) is 4.39. The smallest absolute Gasteiger partial charge is 0.0833 e. The maximum atomic E-state index is 9.54. The fraction of sp³-hybridized carbons (Fsp3) is 0.533. The predicted octanol–water partition coefficient (Wildman–Crippen LogP) is 4.81. The molecule has 0 aromatic heterocycles. The second-order valence-corrected chi connectivity index (χ2v) is 6.18. The van der Waals surface area contributed by atoms with E-state index in [0.717, 1.165) is 17.3 Å². The van der Waals surface area contributed by atoms with Gasteiger partial charge in [0, 0.05) is 4.47 Å². The number of nitrogens with zero attached hydrogens (tertiary/aromatic N) is 1. The quantitative estimate of drug-likeness (QED) is 0.784. The molecule has 0 spiro atoms. The van der Waals surface area contributed by atoms with Gasteiger partial charge in [0.05, 0.1) is 11.5 Å². The number of nitriles is 1. The lowest BCUT2D eigenvalue weighted by atomic mass is 9.49. The third-order valence-corrected chi connectivity index (χ3v) is 4.94. The molecule has 1 aromatic carbocycles. The van der Waals surface area contributed by atoms with Gasteiger partial charge in [0.15, 0.2) is 0 Å². The molecule has 90 valence electrons. The number of hydrogen-bond donors (Lipinski definition) is 0. The Morgan fingerprint density at radius 2 is 1.94 bits per heavy atom. The van der Waals surface area contributed by atoms with Crippen LogP contribution >= 0.6 is 15.9 Å². The van der Waals surface area contributed by atoms with Crippen LogP contribution in [0.25, 0.3) is 0 Å². The standard InChI is InChI=1S/C15H18BrN/c1-3-14(4-2)9-15(10-14,11-17)12-6-5-7-13(16)8-12/h5-8H,3-4,9-10H2,1-2H3. The van der Waals surface area contributed by atoms with E-state index in [1.54, 1.807) is 0 Å². The summed E-state index contributed by atoms with van der Waals surface area (Å²) in [6, 6.07) is 10.8. The SMILES string of the molecule is CCC1(CC)CC(C#N)(c2cccc(Br)c2)C1. The van der Waals surface area contributed by atoms with Crippen molar-refractivity contribution < 1.29 is 0 Å². The zero-order valence-electron chi connectivity index (χ0n) is 10.5. The molecule has 0 atom stereocenters. The van der Waals surface area contributed by atoms with Gasteiger partial charge in [-0.3, -0.25) is 0 Å². The maximum absolute atomic E-state index is 9.54. The lowest BCUT2D eigenvalue weighted by molar-refractivity contribution is 0.0479. The number of benzene rings is 1. The summed E-state index contributed by atoms with van der Waals surface area (Å²) in [6.45, 7) is 4.48. The van der Waals surface area contributed by atoms with Gasteiger partial charge in [-0.1, -0.05) is 54.8 Å². The minimum Gasteiger partial charge on any atom is -0.197 e. The first-order valence-corrected chi connectivity index (χ1v) is 7.06. The number of halogens is 1. The molecule has 1 aliphatic rings. The first kappa shape index (κ1) is 12.6. The van der Waals surface area contributed by atoms with Crippen LogP contribution in [-0.2, 0) is 5.41 Å². The van der Waals surface area contributed by atoms with E-state index < -0.39 is 0 Å². The highest BCUT2D eigenvalue weighted by Crippen LogP contribution is 2.59. The first-order chi connectivity index (χ1) is 8.10. The van der Waals surface area contributed by atoms with E-state index in [1.807, 2.05) is 12.1 Å². The van der Waals surface area contributed by atoms with Gasteiger partial charge in [0.1, 0.15) is 0 Å². The van der Waals surface area contributed by atoms with Crippen LogP contribution in [0.5, 0.6) is 0 Å². The third-order valence-electron chi connectivity index (χ3n) is 4.44. The molecule has 0 heterocycles. The monoisotopic (exact) mass is 291 g/mol. The Bertz CT molecular complexity index is 446. The Hall–Kier alpha value is -0.810. The molecule has 2 heteroatoms. The molecule has 0 unspecified atom stereocenters. The van der Waals surface area contributed by atoms with Gasteiger partial charge in [0.25, 0.3) is 0 Å². The van der Waals surface area contributed by atoms with Crippen molar-refractivity contribution in [3.05, 3.63) is 34.3 Å². The molecular weight excluding hydrogens is 274 g/mol. The van der Waals surface area contributed by atoms with Crippen LogP contribution in [0.2, 0.25) is 0 Å². The fourth-order valence-electron chi connectivity index (χ4n) is 3.11. The molecular formula is C15H18BrN. The molecule has 1 saturated carbocycles. The van der Waals surface area contributed by atoms with Crippen LogP contribution in [0.4, 0.5) is 0 Å². The molecule has 1 aliphatic carbocycles. The van der Waals surface area contributed by atoms with Crippen molar-refractivity contribution in [1.82, 2.24) is 0 Å². The Balaban J connectivity index is 2.29. The summed E-state index contributed by atoms with van der Waals surface area (Å²) in [5.74, 6) is 0. The van der Waals surface area contributed by atoms with E-state index in [2.05, 4.69) is 48.0 Å². The lowest BCUT2D eigenvalue weighted by Gasteiger charge is -2.53. The molecule has 0 aliphatic heterocycles. The highest BCUT2D eigenvalue weighted by Gasteiger charge is 2.53. The average molecular weight is 292 g/mol. The van der Waals surface area contributed by atoms with E-state index >= 15 is 0 Å². The van der Waals surface area contributed by atoms with Crippen LogP contribution in [0.3, 0.4) is 0 Å². The maximum Gasteiger partial charge on any atom is 0.0833 e. The van der Waals surface area contributed by atoms with Crippen molar-refractivity contribution in [2.75, 3.05) is 0 Å². The molecule has 0 saturated heterocycles. The normalized spacial score (nSPS) is 20.4. The average Bonchev–Trinajstić information content (AvgIpc) is 2.30. The second kappa shape index (κ2) is 4.46. The molecule has 0 N–H and O–H groups in total. The van der Waals surface area contributed by atoms with Gasteiger partial charge in [-0.2, -0.15) is 5.26 Å². The zero-order chi connectivity index (χ0) is 12.5. The first-order valence-electron chi connectivity index (χ1n) is 6.27. The number of rotatable bonds is 3. The Labute approximate surface area is 112 Å². The van der Waals surface area contributed by atoms with E-state index in [9.17, 15) is 5.26 Å². The lowest BCUT2D eigenvalue weighted by Crippen LogP contribution is -2.48. The Kier molecular flexibility index (Phi) is 3.32. The van der Waals surface area contributed by atoms with Crippen molar-refractivity contribution in [1.29, 1.82) is 5.26 Å². The molecule has 1 fully saturated rings. The topological polar surface area (TPSA) is 23.8 Å². The fourth-order valence-corrected chi connectivity index (χ4v) is 3.51. The van der Waals surface area contributed by atoms with Gasteiger partial charge >= 0.3 is 0 Å². The van der Waals surface area contributed by atoms with Gasteiger partial charge in [-0.15, -0.1) is 0 Å². The molecule has 0 bridgehead atoms. The highest BCUT2D eigenvalue weighted by molar-refractivity contribution is 9.10. The molecule has 0 radical (unpaired) electrons. The minimum absolute atomic E-state index is 0.240. The van der Waals surface area contributed by atoms with E-state index in [0.29, 0.717) is 5.41 Å². The van der Waals surface area contributed by atoms with E-state index in [1.165, 1.54) is 18.4 Å². The van der Waals surface area contributed by atoms with E-state index in [-0.39, 0.29) is 5.41 Å². The molecule has 2 rings (SSSR count).